The van der Waals surface area contributed by atoms with Crippen LogP contribution in [0.1, 0.15) is 0 Å². The van der Waals surface area contributed by atoms with Gasteiger partial charge in [0.15, 0.2) is 17.5 Å². The average molecular weight is 616 g/mol. The Hall–Kier alpha value is -6.59. The molecule has 0 unspecified atom stereocenters. The Labute approximate surface area is 274 Å². The van der Waals surface area contributed by atoms with Crippen LogP contribution in [-0.2, 0) is 0 Å². The van der Waals surface area contributed by atoms with E-state index in [1.165, 1.54) is 5.56 Å². The van der Waals surface area contributed by atoms with Crippen LogP contribution >= 0.6 is 0 Å². The summed E-state index contributed by atoms with van der Waals surface area (Å²) in [6.07, 6.45) is 0. The zero-order chi connectivity index (χ0) is 31.6. The molecular formula is C43H25N3O2. The second-order valence-corrected chi connectivity index (χ2v) is 12.0. The standard InChI is InChI=1S/C43H25N3O2/c1-3-11-26(12-4-1)27-19-21-29(22-20-27)42-44-41(28-13-5-2-6-14-28)45-43(46-42)30-23-24-36-34(25-30)37-31-15-7-8-16-32(31)39-38(40(37)48-36)33-17-9-10-18-35(33)47-39/h1-25H. The van der Waals surface area contributed by atoms with Crippen LogP contribution in [0.25, 0.3) is 99.9 Å². The molecule has 224 valence electrons. The van der Waals surface area contributed by atoms with Crippen LogP contribution in [0, 0.1) is 0 Å². The quantitative estimate of drug-likeness (QED) is 0.197. The summed E-state index contributed by atoms with van der Waals surface area (Å²) < 4.78 is 13.1. The molecule has 0 aliphatic rings. The molecule has 0 radical (unpaired) electrons. The van der Waals surface area contributed by atoms with Gasteiger partial charge < -0.3 is 8.83 Å². The van der Waals surface area contributed by atoms with Crippen LogP contribution in [0.15, 0.2) is 160 Å². The number of benzene rings is 7. The normalized spacial score (nSPS) is 11.8. The number of hydrogen-bond acceptors (Lipinski definition) is 5. The van der Waals surface area contributed by atoms with Crippen molar-refractivity contribution in [1.82, 2.24) is 15.0 Å². The molecule has 0 amide bonds. The van der Waals surface area contributed by atoms with E-state index >= 15 is 0 Å². The smallest absolute Gasteiger partial charge is 0.164 e. The third-order valence-electron chi connectivity index (χ3n) is 9.13. The molecule has 5 nitrogen and oxygen atoms in total. The van der Waals surface area contributed by atoms with Gasteiger partial charge in [-0.15, -0.1) is 0 Å². The minimum absolute atomic E-state index is 0.599. The Kier molecular flexibility index (Phi) is 5.81. The van der Waals surface area contributed by atoms with Crippen molar-refractivity contribution in [2.24, 2.45) is 0 Å². The third kappa shape index (κ3) is 4.15. The monoisotopic (exact) mass is 615 g/mol. The van der Waals surface area contributed by atoms with Gasteiger partial charge in [0.2, 0.25) is 0 Å². The molecule has 0 atom stereocenters. The molecule has 0 bridgehead atoms. The van der Waals surface area contributed by atoms with Gasteiger partial charge in [0, 0.05) is 38.2 Å². The second-order valence-electron chi connectivity index (χ2n) is 12.0. The molecule has 0 saturated heterocycles. The molecule has 10 aromatic rings. The van der Waals surface area contributed by atoms with E-state index in [0.29, 0.717) is 17.5 Å². The molecule has 0 saturated carbocycles. The van der Waals surface area contributed by atoms with E-state index in [9.17, 15) is 0 Å². The summed E-state index contributed by atoms with van der Waals surface area (Å²) in [4.78, 5) is 15.0. The summed E-state index contributed by atoms with van der Waals surface area (Å²) in [5.41, 5.74) is 8.34. The summed E-state index contributed by atoms with van der Waals surface area (Å²) in [6, 6.07) is 51.5. The Morgan fingerprint density at radius 1 is 0.312 bits per heavy atom. The van der Waals surface area contributed by atoms with Gasteiger partial charge in [0.1, 0.15) is 22.3 Å². The molecule has 5 heteroatoms. The van der Waals surface area contributed by atoms with Crippen LogP contribution in [0.4, 0.5) is 0 Å². The molecule has 0 fully saturated rings. The maximum absolute atomic E-state index is 6.65. The van der Waals surface area contributed by atoms with E-state index in [1.54, 1.807) is 0 Å². The number of hydrogen-bond donors (Lipinski definition) is 0. The minimum atomic E-state index is 0.599. The number of nitrogens with zero attached hydrogens (tertiary/aromatic N) is 3. The van der Waals surface area contributed by atoms with Crippen molar-refractivity contribution in [3.63, 3.8) is 0 Å². The zero-order valence-electron chi connectivity index (χ0n) is 25.6. The number of rotatable bonds is 4. The molecule has 3 heterocycles. The average Bonchev–Trinajstić information content (AvgIpc) is 3.75. The topological polar surface area (TPSA) is 65.0 Å². The molecule has 3 aromatic heterocycles. The fraction of sp³-hybridized carbons (Fsp3) is 0. The Bertz CT molecular complexity index is 2820. The lowest BCUT2D eigenvalue weighted by molar-refractivity contribution is 0.665. The highest BCUT2D eigenvalue weighted by Gasteiger charge is 2.21. The van der Waals surface area contributed by atoms with Gasteiger partial charge in [0.25, 0.3) is 0 Å². The van der Waals surface area contributed by atoms with Gasteiger partial charge in [0.05, 0.1) is 5.39 Å². The van der Waals surface area contributed by atoms with Crippen LogP contribution in [0.2, 0.25) is 0 Å². The predicted octanol–water partition coefficient (Wildman–Crippen LogP) is 11.5. The van der Waals surface area contributed by atoms with Crippen molar-refractivity contribution in [2.45, 2.75) is 0 Å². The van der Waals surface area contributed by atoms with Gasteiger partial charge in [-0.1, -0.05) is 127 Å². The van der Waals surface area contributed by atoms with Crippen molar-refractivity contribution >= 4 is 54.6 Å². The highest BCUT2D eigenvalue weighted by Crippen LogP contribution is 2.45. The van der Waals surface area contributed by atoms with Crippen molar-refractivity contribution in [2.75, 3.05) is 0 Å². The number of aromatic nitrogens is 3. The Balaban J connectivity index is 1.19. The zero-order valence-corrected chi connectivity index (χ0v) is 25.6. The first kappa shape index (κ1) is 26.6. The molecule has 0 N–H and O–H groups in total. The van der Waals surface area contributed by atoms with Crippen LogP contribution < -0.4 is 0 Å². The summed E-state index contributed by atoms with van der Waals surface area (Å²) >= 11 is 0. The largest absolute Gasteiger partial charge is 0.455 e. The lowest BCUT2D eigenvalue weighted by Gasteiger charge is -2.09. The molecule has 0 aliphatic carbocycles. The fourth-order valence-electron chi connectivity index (χ4n) is 6.83. The van der Waals surface area contributed by atoms with E-state index in [-0.39, 0.29) is 0 Å². The summed E-state index contributed by atoms with van der Waals surface area (Å²) in [7, 11) is 0. The van der Waals surface area contributed by atoms with Crippen LogP contribution in [0.3, 0.4) is 0 Å². The van der Waals surface area contributed by atoms with Gasteiger partial charge in [-0.2, -0.15) is 0 Å². The summed E-state index contributed by atoms with van der Waals surface area (Å²) in [6.45, 7) is 0. The van der Waals surface area contributed by atoms with Gasteiger partial charge in [-0.25, -0.2) is 15.0 Å². The van der Waals surface area contributed by atoms with Gasteiger partial charge in [-0.05, 0) is 40.8 Å². The van der Waals surface area contributed by atoms with Gasteiger partial charge in [-0.3, -0.25) is 0 Å². The Morgan fingerprint density at radius 2 is 0.792 bits per heavy atom. The first-order chi connectivity index (χ1) is 23.8. The highest BCUT2D eigenvalue weighted by molar-refractivity contribution is 6.33. The van der Waals surface area contributed by atoms with Crippen molar-refractivity contribution in [3.8, 4) is 45.3 Å². The molecule has 10 rings (SSSR count). The summed E-state index contributed by atoms with van der Waals surface area (Å²) in [5, 5.41) is 6.21. The first-order valence-electron chi connectivity index (χ1n) is 15.9. The molecule has 7 aromatic carbocycles. The molecule has 0 aliphatic heterocycles. The molecule has 0 spiro atoms. The third-order valence-corrected chi connectivity index (χ3v) is 9.13. The van der Waals surface area contributed by atoms with E-state index < -0.39 is 0 Å². The minimum Gasteiger partial charge on any atom is -0.455 e. The van der Waals surface area contributed by atoms with E-state index in [1.807, 2.05) is 66.7 Å². The first-order valence-corrected chi connectivity index (χ1v) is 15.9. The van der Waals surface area contributed by atoms with E-state index in [4.69, 9.17) is 23.8 Å². The van der Waals surface area contributed by atoms with Crippen LogP contribution in [-0.4, -0.2) is 15.0 Å². The molecular weight excluding hydrogens is 590 g/mol. The highest BCUT2D eigenvalue weighted by atomic mass is 16.3. The predicted molar refractivity (Wildman–Crippen MR) is 194 cm³/mol. The lowest BCUT2D eigenvalue weighted by Crippen LogP contribution is -2.00. The van der Waals surface area contributed by atoms with Crippen molar-refractivity contribution in [3.05, 3.63) is 152 Å². The van der Waals surface area contributed by atoms with E-state index in [2.05, 4.69) is 84.9 Å². The van der Waals surface area contributed by atoms with Crippen molar-refractivity contribution < 1.29 is 8.83 Å². The fourth-order valence-corrected chi connectivity index (χ4v) is 6.83. The number of fused-ring (bicyclic) bond motifs is 10. The van der Waals surface area contributed by atoms with E-state index in [0.717, 1.165) is 76.9 Å². The number of furan rings is 2. The van der Waals surface area contributed by atoms with Crippen molar-refractivity contribution in [1.29, 1.82) is 0 Å². The molecule has 48 heavy (non-hydrogen) atoms. The maximum atomic E-state index is 6.65. The van der Waals surface area contributed by atoms with Crippen LogP contribution in [0.5, 0.6) is 0 Å². The summed E-state index contributed by atoms with van der Waals surface area (Å²) in [5.74, 6) is 1.84. The lowest BCUT2D eigenvalue weighted by atomic mass is 9.99. The number of para-hydroxylation sites is 1. The maximum Gasteiger partial charge on any atom is 0.164 e. The second kappa shape index (κ2) is 10.5. The Morgan fingerprint density at radius 3 is 1.52 bits per heavy atom. The SMILES string of the molecule is c1ccc(-c2ccc(-c3nc(-c4ccccc4)nc(-c4ccc5oc6c(c5c4)c4ccccc4c4oc5ccccc5c46)n3)cc2)cc1. The van der Waals surface area contributed by atoms with Gasteiger partial charge >= 0.3 is 0 Å².